The highest BCUT2D eigenvalue weighted by atomic mass is 79.9. The zero-order chi connectivity index (χ0) is 12.3. The van der Waals surface area contributed by atoms with Crippen molar-refractivity contribution in [1.82, 2.24) is 5.32 Å². The molecule has 0 bridgehead atoms. The van der Waals surface area contributed by atoms with Crippen LogP contribution < -0.4 is 5.32 Å². The number of rotatable bonds is 4. The van der Waals surface area contributed by atoms with Gasteiger partial charge in [-0.3, -0.25) is 0 Å². The van der Waals surface area contributed by atoms with Crippen LogP contribution in [0.1, 0.15) is 30.5 Å². The van der Waals surface area contributed by atoms with Crippen molar-refractivity contribution in [2.75, 3.05) is 13.2 Å². The Labute approximate surface area is 111 Å². The minimum absolute atomic E-state index is 0.164. The van der Waals surface area contributed by atoms with Gasteiger partial charge in [0.15, 0.2) is 0 Å². The Balaban J connectivity index is 2.35. The molecule has 3 heteroatoms. The number of halogens is 1. The molecule has 0 spiro atoms. The maximum atomic E-state index is 5.69. The van der Waals surface area contributed by atoms with Crippen molar-refractivity contribution in [2.24, 2.45) is 0 Å². The summed E-state index contributed by atoms with van der Waals surface area (Å²) in [5, 5.41) is 3.49. The van der Waals surface area contributed by atoms with Crippen LogP contribution in [-0.2, 0) is 4.74 Å². The second-order valence-corrected chi connectivity index (χ2v) is 5.01. The number of likely N-dealkylation sites (N-methyl/N-ethyl adjacent to an activating group) is 1. The van der Waals surface area contributed by atoms with Crippen molar-refractivity contribution >= 4 is 15.9 Å². The number of nitrogens with one attached hydrogen (secondary N) is 1. The Morgan fingerprint density at radius 3 is 2.94 bits per heavy atom. The van der Waals surface area contributed by atoms with Crippen LogP contribution in [0.4, 0.5) is 0 Å². The first-order valence-corrected chi connectivity index (χ1v) is 6.84. The molecular weight excluding hydrogens is 278 g/mol. The van der Waals surface area contributed by atoms with Crippen LogP contribution in [0.3, 0.4) is 0 Å². The van der Waals surface area contributed by atoms with E-state index in [4.69, 9.17) is 4.74 Å². The summed E-state index contributed by atoms with van der Waals surface area (Å²) in [7, 11) is 0. The topological polar surface area (TPSA) is 21.3 Å². The van der Waals surface area contributed by atoms with Gasteiger partial charge in [-0.1, -0.05) is 41.1 Å². The number of ether oxygens (including phenoxy) is 1. The molecule has 1 atom stereocenters. The molecule has 1 N–H and O–H groups in total. The van der Waals surface area contributed by atoms with Gasteiger partial charge in [-0.25, -0.2) is 0 Å². The average molecular weight is 296 g/mol. The fraction of sp³-hybridized carbons (Fsp3) is 0.429. The van der Waals surface area contributed by atoms with Gasteiger partial charge >= 0.3 is 0 Å². The maximum absolute atomic E-state index is 5.69. The third-order valence-corrected chi connectivity index (χ3v) is 4.04. The van der Waals surface area contributed by atoms with Crippen molar-refractivity contribution < 1.29 is 4.74 Å². The summed E-state index contributed by atoms with van der Waals surface area (Å²) in [6.45, 7) is 5.96. The van der Waals surface area contributed by atoms with Crippen LogP contribution in [0.2, 0.25) is 0 Å². The van der Waals surface area contributed by atoms with E-state index in [0.29, 0.717) is 0 Å². The molecule has 92 valence electrons. The first-order valence-electron chi connectivity index (χ1n) is 6.05. The lowest BCUT2D eigenvalue weighted by Crippen LogP contribution is -2.23. The molecule has 0 amide bonds. The number of hydrogen-bond donors (Lipinski definition) is 1. The molecule has 1 aliphatic rings. The van der Waals surface area contributed by atoms with E-state index in [1.54, 1.807) is 0 Å². The minimum atomic E-state index is 0.164. The largest absolute Gasteiger partial charge is 0.496 e. The van der Waals surface area contributed by atoms with Gasteiger partial charge in [0.05, 0.1) is 12.6 Å². The molecule has 1 aromatic rings. The predicted molar refractivity (Wildman–Crippen MR) is 73.9 cm³/mol. The summed E-state index contributed by atoms with van der Waals surface area (Å²) < 4.78 is 6.86. The van der Waals surface area contributed by atoms with Crippen LogP contribution >= 0.6 is 15.9 Å². The number of hydrogen-bond acceptors (Lipinski definition) is 2. The summed E-state index contributed by atoms with van der Waals surface area (Å²) in [6.07, 6.45) is 3.20. The molecule has 1 unspecified atom stereocenters. The quantitative estimate of drug-likeness (QED) is 0.914. The van der Waals surface area contributed by atoms with E-state index in [0.717, 1.165) is 25.3 Å². The van der Waals surface area contributed by atoms with Crippen LogP contribution in [0.15, 0.2) is 34.5 Å². The maximum Gasteiger partial charge on any atom is 0.114 e. The first-order chi connectivity index (χ1) is 8.24. The fourth-order valence-electron chi connectivity index (χ4n) is 2.10. The zero-order valence-corrected chi connectivity index (χ0v) is 11.9. The van der Waals surface area contributed by atoms with Gasteiger partial charge in [-0.2, -0.15) is 0 Å². The SMILES string of the molecule is CCNC(C1=CCCO1)c1cccc(C)c1Br. The van der Waals surface area contributed by atoms with E-state index in [2.05, 4.69) is 59.4 Å². The average Bonchev–Trinajstić information content (AvgIpc) is 2.84. The molecule has 0 fully saturated rings. The zero-order valence-electron chi connectivity index (χ0n) is 10.3. The monoisotopic (exact) mass is 295 g/mol. The van der Waals surface area contributed by atoms with Crippen LogP contribution in [-0.4, -0.2) is 13.2 Å². The van der Waals surface area contributed by atoms with Crippen LogP contribution in [0.5, 0.6) is 0 Å². The van der Waals surface area contributed by atoms with Gasteiger partial charge in [-0.15, -0.1) is 0 Å². The Morgan fingerprint density at radius 1 is 1.47 bits per heavy atom. The van der Waals surface area contributed by atoms with Crippen LogP contribution in [0.25, 0.3) is 0 Å². The Bertz CT molecular complexity index is 428. The summed E-state index contributed by atoms with van der Waals surface area (Å²) >= 11 is 3.68. The predicted octanol–water partition coefficient (Wildman–Crippen LogP) is 3.71. The second-order valence-electron chi connectivity index (χ2n) is 4.21. The van der Waals surface area contributed by atoms with Gasteiger partial charge in [-0.05, 0) is 30.7 Å². The van der Waals surface area contributed by atoms with E-state index in [1.165, 1.54) is 15.6 Å². The molecule has 1 aliphatic heterocycles. The van der Waals surface area contributed by atoms with Crippen molar-refractivity contribution in [2.45, 2.75) is 26.3 Å². The van der Waals surface area contributed by atoms with Crippen molar-refractivity contribution in [3.63, 3.8) is 0 Å². The van der Waals surface area contributed by atoms with Crippen molar-refractivity contribution in [3.05, 3.63) is 45.6 Å². The molecule has 17 heavy (non-hydrogen) atoms. The third-order valence-electron chi connectivity index (χ3n) is 2.96. The van der Waals surface area contributed by atoms with Gasteiger partial charge in [0.25, 0.3) is 0 Å². The van der Waals surface area contributed by atoms with Gasteiger partial charge in [0.2, 0.25) is 0 Å². The normalized spacial score (nSPS) is 16.5. The summed E-state index contributed by atoms with van der Waals surface area (Å²) in [6, 6.07) is 6.51. The van der Waals surface area contributed by atoms with E-state index in [1.807, 2.05) is 0 Å². The lowest BCUT2D eigenvalue weighted by atomic mass is 10.0. The highest BCUT2D eigenvalue weighted by molar-refractivity contribution is 9.10. The smallest absolute Gasteiger partial charge is 0.114 e. The van der Waals surface area contributed by atoms with Crippen LogP contribution in [0, 0.1) is 6.92 Å². The van der Waals surface area contributed by atoms with Gasteiger partial charge in [0, 0.05) is 10.9 Å². The van der Waals surface area contributed by atoms with E-state index in [-0.39, 0.29) is 6.04 Å². The first kappa shape index (κ1) is 12.7. The van der Waals surface area contributed by atoms with E-state index >= 15 is 0 Å². The molecule has 2 rings (SSSR count). The van der Waals surface area contributed by atoms with E-state index in [9.17, 15) is 0 Å². The lowest BCUT2D eigenvalue weighted by molar-refractivity contribution is 0.216. The summed E-state index contributed by atoms with van der Waals surface area (Å²) in [5.41, 5.74) is 2.50. The molecule has 1 heterocycles. The molecule has 0 saturated carbocycles. The minimum Gasteiger partial charge on any atom is -0.496 e. The van der Waals surface area contributed by atoms with Gasteiger partial charge < -0.3 is 10.1 Å². The molecule has 1 aromatic carbocycles. The molecule has 0 aromatic heterocycles. The second kappa shape index (κ2) is 5.69. The van der Waals surface area contributed by atoms with Gasteiger partial charge in [0.1, 0.15) is 5.76 Å². The van der Waals surface area contributed by atoms with E-state index < -0.39 is 0 Å². The number of benzene rings is 1. The lowest BCUT2D eigenvalue weighted by Gasteiger charge is -2.21. The summed E-state index contributed by atoms with van der Waals surface area (Å²) in [4.78, 5) is 0. The summed E-state index contributed by atoms with van der Waals surface area (Å²) in [5.74, 6) is 1.05. The molecule has 2 nitrogen and oxygen atoms in total. The highest BCUT2D eigenvalue weighted by Crippen LogP contribution is 2.32. The van der Waals surface area contributed by atoms with Crippen molar-refractivity contribution in [1.29, 1.82) is 0 Å². The Kier molecular flexibility index (Phi) is 4.24. The Morgan fingerprint density at radius 2 is 2.29 bits per heavy atom. The molecular formula is C14H18BrNO. The highest BCUT2D eigenvalue weighted by Gasteiger charge is 2.22. The molecule has 0 aliphatic carbocycles. The standard InChI is InChI=1S/C14H18BrNO/c1-3-16-14(12-8-5-9-17-12)11-7-4-6-10(2)13(11)15/h4,6-8,14,16H,3,5,9H2,1-2H3. The number of aryl methyl sites for hydroxylation is 1. The fourth-order valence-corrected chi connectivity index (χ4v) is 2.59. The Hall–Kier alpha value is -0.800. The van der Waals surface area contributed by atoms with Crippen molar-refractivity contribution in [3.8, 4) is 0 Å². The third kappa shape index (κ3) is 2.72. The molecule has 0 saturated heterocycles. The molecule has 0 radical (unpaired) electrons.